The molecular weight excluding hydrogens is 492 g/mol. The molecule has 0 aliphatic carbocycles. The van der Waals surface area contributed by atoms with Gasteiger partial charge in [0.2, 0.25) is 0 Å². The summed E-state index contributed by atoms with van der Waals surface area (Å²) in [5, 5.41) is 0. The van der Waals surface area contributed by atoms with Gasteiger partial charge in [0.25, 0.3) is 0 Å². The van der Waals surface area contributed by atoms with Crippen molar-refractivity contribution in [1.82, 2.24) is 4.98 Å². The molecule has 2 aromatic heterocycles. The number of furan rings is 1. The Morgan fingerprint density at radius 3 is 2.41 bits per heavy atom. The van der Waals surface area contributed by atoms with Crippen LogP contribution in [0.15, 0.2) is 81.8 Å². The van der Waals surface area contributed by atoms with Crippen molar-refractivity contribution in [2.75, 3.05) is 12.0 Å². The van der Waals surface area contributed by atoms with Gasteiger partial charge in [0.15, 0.2) is 5.76 Å². The lowest BCUT2D eigenvalue weighted by atomic mass is 10.0. The molecule has 4 rings (SSSR count). The van der Waals surface area contributed by atoms with Crippen LogP contribution in [0.1, 0.15) is 40.7 Å². The number of benzene rings is 2. The molecule has 0 aliphatic heterocycles. The molecule has 0 N–H and O–H groups in total. The number of aryl methyl sites for hydroxylation is 2. The molecule has 0 saturated heterocycles. The molecular formula is C28H27BrN2O3. The molecule has 0 saturated carbocycles. The van der Waals surface area contributed by atoms with E-state index in [9.17, 15) is 4.79 Å². The van der Waals surface area contributed by atoms with Crippen molar-refractivity contribution in [3.05, 3.63) is 100.0 Å². The number of methoxy groups -OCH3 is 1. The molecule has 0 amide bonds. The van der Waals surface area contributed by atoms with Crippen LogP contribution in [0.5, 0.6) is 0 Å². The number of ether oxygens (including phenoxy) is 1. The molecule has 0 spiro atoms. The summed E-state index contributed by atoms with van der Waals surface area (Å²) in [5.74, 6) is 0.844. The summed E-state index contributed by atoms with van der Waals surface area (Å²) in [4.78, 5) is 19.8. The van der Waals surface area contributed by atoms with Crippen molar-refractivity contribution < 1.29 is 13.9 Å². The second kappa shape index (κ2) is 10.7. The molecule has 174 valence electrons. The molecule has 0 radical (unpaired) electrons. The van der Waals surface area contributed by atoms with E-state index in [1.165, 1.54) is 7.11 Å². The second-order valence-corrected chi connectivity index (χ2v) is 8.98. The Kier molecular flexibility index (Phi) is 7.48. The second-order valence-electron chi connectivity index (χ2n) is 8.07. The molecule has 5 nitrogen and oxygen atoms in total. The number of pyridine rings is 1. The van der Waals surface area contributed by atoms with E-state index in [1.54, 1.807) is 6.20 Å². The fourth-order valence-electron chi connectivity index (χ4n) is 3.92. The largest absolute Gasteiger partial charge is 0.465 e. The number of carbonyl (C=O) groups is 1. The Balaban J connectivity index is 1.99. The van der Waals surface area contributed by atoms with Crippen molar-refractivity contribution >= 4 is 33.3 Å². The van der Waals surface area contributed by atoms with Gasteiger partial charge in [0.05, 0.1) is 19.3 Å². The maximum atomic E-state index is 13.1. The van der Waals surface area contributed by atoms with Gasteiger partial charge in [-0.2, -0.15) is 0 Å². The van der Waals surface area contributed by atoms with Gasteiger partial charge in [0.1, 0.15) is 17.0 Å². The number of hydrogen-bond donors (Lipinski definition) is 0. The number of carbonyl (C=O) groups excluding carboxylic acids is 1. The lowest BCUT2D eigenvalue weighted by Crippen LogP contribution is -2.20. The Morgan fingerprint density at radius 2 is 1.79 bits per heavy atom. The van der Waals surface area contributed by atoms with Gasteiger partial charge in [-0.25, -0.2) is 4.79 Å². The average molecular weight is 519 g/mol. The minimum atomic E-state index is -0.413. The number of esters is 1. The van der Waals surface area contributed by atoms with Crippen LogP contribution < -0.4 is 4.90 Å². The van der Waals surface area contributed by atoms with Crippen molar-refractivity contribution in [1.29, 1.82) is 0 Å². The van der Waals surface area contributed by atoms with E-state index < -0.39 is 5.97 Å². The van der Waals surface area contributed by atoms with Crippen LogP contribution in [0.2, 0.25) is 0 Å². The van der Waals surface area contributed by atoms with Crippen LogP contribution in [-0.2, 0) is 17.7 Å². The topological polar surface area (TPSA) is 55.6 Å². The van der Waals surface area contributed by atoms with Gasteiger partial charge in [0, 0.05) is 28.3 Å². The third-order valence-electron chi connectivity index (χ3n) is 5.59. The van der Waals surface area contributed by atoms with Gasteiger partial charge in [-0.1, -0.05) is 58.7 Å². The molecule has 0 bridgehead atoms. The maximum Gasteiger partial charge on any atom is 0.343 e. The maximum absolute atomic E-state index is 13.1. The van der Waals surface area contributed by atoms with Crippen LogP contribution in [0.4, 0.5) is 11.4 Å². The fraction of sp³-hybridized carbons (Fsp3) is 0.214. The first kappa shape index (κ1) is 23.8. The fourth-order valence-corrected chi connectivity index (χ4v) is 4.18. The number of rotatable bonds is 8. The number of hydrogen-bond acceptors (Lipinski definition) is 5. The third-order valence-corrected chi connectivity index (χ3v) is 6.12. The van der Waals surface area contributed by atoms with Gasteiger partial charge in [-0.05, 0) is 49.7 Å². The Morgan fingerprint density at radius 1 is 1.06 bits per heavy atom. The van der Waals surface area contributed by atoms with Crippen molar-refractivity contribution in [2.45, 2.75) is 33.2 Å². The van der Waals surface area contributed by atoms with Gasteiger partial charge < -0.3 is 14.1 Å². The Labute approximate surface area is 208 Å². The van der Waals surface area contributed by atoms with E-state index in [-0.39, 0.29) is 0 Å². The highest BCUT2D eigenvalue weighted by Crippen LogP contribution is 2.43. The molecule has 0 unspecified atom stereocenters. The van der Waals surface area contributed by atoms with E-state index in [4.69, 9.17) is 9.15 Å². The summed E-state index contributed by atoms with van der Waals surface area (Å²) in [6, 6.07) is 22.0. The zero-order valence-electron chi connectivity index (χ0n) is 19.5. The van der Waals surface area contributed by atoms with Crippen LogP contribution in [0.25, 0.3) is 11.3 Å². The molecule has 2 heterocycles. The minimum absolute atomic E-state index is 0.413. The van der Waals surface area contributed by atoms with E-state index >= 15 is 0 Å². The molecule has 2 aromatic carbocycles. The number of aromatic nitrogens is 1. The van der Waals surface area contributed by atoms with Crippen molar-refractivity contribution in [3.8, 4) is 11.3 Å². The highest BCUT2D eigenvalue weighted by Gasteiger charge is 2.31. The monoisotopic (exact) mass is 518 g/mol. The SMILES string of the molecule is CCCc1oc(-c2ccc(Br)cc2)c(N(Cc2ccccn2)c2ccc(C)cc2)c1C(=O)OC. The first-order valence-corrected chi connectivity index (χ1v) is 12.0. The summed E-state index contributed by atoms with van der Waals surface area (Å²) < 4.78 is 12.6. The van der Waals surface area contributed by atoms with Crippen molar-refractivity contribution in [3.63, 3.8) is 0 Å². The molecule has 0 atom stereocenters. The van der Waals surface area contributed by atoms with Gasteiger partial charge in [-0.15, -0.1) is 0 Å². The number of anilines is 2. The third kappa shape index (κ3) is 5.07. The summed E-state index contributed by atoms with van der Waals surface area (Å²) >= 11 is 3.51. The molecule has 0 fully saturated rings. The predicted octanol–water partition coefficient (Wildman–Crippen LogP) is 7.49. The van der Waals surface area contributed by atoms with E-state index in [0.717, 1.165) is 33.4 Å². The van der Waals surface area contributed by atoms with E-state index in [2.05, 4.69) is 63.9 Å². The number of nitrogens with zero attached hydrogens (tertiary/aromatic N) is 2. The smallest absolute Gasteiger partial charge is 0.343 e. The zero-order chi connectivity index (χ0) is 24.1. The summed E-state index contributed by atoms with van der Waals surface area (Å²) in [7, 11) is 1.41. The lowest BCUT2D eigenvalue weighted by Gasteiger charge is -2.26. The Bertz CT molecular complexity index is 1250. The molecule has 4 aromatic rings. The highest BCUT2D eigenvalue weighted by molar-refractivity contribution is 9.10. The average Bonchev–Trinajstić information content (AvgIpc) is 3.23. The lowest BCUT2D eigenvalue weighted by molar-refractivity contribution is 0.0599. The molecule has 6 heteroatoms. The Hall–Kier alpha value is -3.38. The minimum Gasteiger partial charge on any atom is -0.465 e. The quantitative estimate of drug-likeness (QED) is 0.226. The van der Waals surface area contributed by atoms with Gasteiger partial charge in [-0.3, -0.25) is 4.98 Å². The zero-order valence-corrected chi connectivity index (χ0v) is 21.1. The number of halogens is 1. The predicted molar refractivity (Wildman–Crippen MR) is 138 cm³/mol. The van der Waals surface area contributed by atoms with Gasteiger partial charge >= 0.3 is 5.97 Å². The summed E-state index contributed by atoms with van der Waals surface area (Å²) in [6.07, 6.45) is 3.23. The van der Waals surface area contributed by atoms with Crippen LogP contribution in [0, 0.1) is 6.92 Å². The van der Waals surface area contributed by atoms with Crippen LogP contribution >= 0.6 is 15.9 Å². The normalized spacial score (nSPS) is 10.8. The summed E-state index contributed by atoms with van der Waals surface area (Å²) in [5.41, 5.74) is 4.99. The van der Waals surface area contributed by atoms with Crippen molar-refractivity contribution in [2.24, 2.45) is 0 Å². The molecule has 0 aliphatic rings. The standard InChI is InChI=1S/C28H27BrN2O3/c1-4-7-24-25(28(32)33-3)26(27(34-24)20-11-13-21(29)14-12-20)31(18-22-8-5-6-17-30-22)23-15-9-19(2)10-16-23/h5-6,8-17H,4,7,18H2,1-3H3. The summed E-state index contributed by atoms with van der Waals surface area (Å²) in [6.45, 7) is 4.58. The highest BCUT2D eigenvalue weighted by atomic mass is 79.9. The first-order chi connectivity index (χ1) is 16.5. The molecule has 34 heavy (non-hydrogen) atoms. The van der Waals surface area contributed by atoms with E-state index in [1.807, 2.05) is 42.5 Å². The van der Waals surface area contributed by atoms with E-state index in [0.29, 0.717) is 35.7 Å². The van der Waals surface area contributed by atoms with Crippen LogP contribution in [0.3, 0.4) is 0 Å². The van der Waals surface area contributed by atoms with Crippen LogP contribution in [-0.4, -0.2) is 18.1 Å². The first-order valence-electron chi connectivity index (χ1n) is 11.3.